The maximum atomic E-state index is 9.49. The first-order chi connectivity index (χ1) is 16.6. The summed E-state index contributed by atoms with van der Waals surface area (Å²) in [5, 5.41) is 0. The van der Waals surface area contributed by atoms with Gasteiger partial charge in [-0.2, -0.15) is 0 Å². The van der Waals surface area contributed by atoms with Crippen LogP contribution in [0.4, 0.5) is 0 Å². The van der Waals surface area contributed by atoms with Gasteiger partial charge in [0.25, 0.3) is 0 Å². The Morgan fingerprint density at radius 1 is 0.788 bits per heavy atom. The van der Waals surface area contributed by atoms with E-state index < -0.39 is 18.4 Å². The van der Waals surface area contributed by atoms with Gasteiger partial charge in [0, 0.05) is 0 Å². The maximum absolute atomic E-state index is 9.49. The summed E-state index contributed by atoms with van der Waals surface area (Å²) in [6, 6.07) is 22.4. The Balaban J connectivity index is 1.83. The summed E-state index contributed by atoms with van der Waals surface area (Å²) in [7, 11) is 0. The molecular formula is C32H46Sn. The molecule has 0 nitrogen and oxygen atoms in total. The van der Waals surface area contributed by atoms with Crippen molar-refractivity contribution in [1.29, 1.82) is 0 Å². The molecular weight excluding hydrogens is 503 g/mol. The van der Waals surface area contributed by atoms with Crippen molar-refractivity contribution in [3.8, 4) is 0 Å². The molecule has 0 aliphatic heterocycles. The molecule has 0 aromatic heterocycles. The molecule has 2 aliphatic carbocycles. The van der Waals surface area contributed by atoms with Crippen molar-refractivity contribution in [1.82, 2.24) is 0 Å². The molecule has 0 saturated heterocycles. The van der Waals surface area contributed by atoms with Crippen LogP contribution in [0.1, 0.15) is 90.5 Å². The second-order valence-electron chi connectivity index (χ2n) is 10.9. The monoisotopic (exact) mass is 551 g/mol. The molecule has 2 aliphatic rings. The summed E-state index contributed by atoms with van der Waals surface area (Å²) in [6.07, 6.45) is 12.1. The molecule has 0 heterocycles. The third-order valence-corrected chi connectivity index (χ3v) is 26.6. The van der Waals surface area contributed by atoms with Crippen LogP contribution in [-0.4, -0.2) is 18.4 Å². The number of rotatable bonds is 12. The number of allylic oxidation sites excluding steroid dienone is 2. The van der Waals surface area contributed by atoms with Crippen LogP contribution in [0.15, 0.2) is 66.7 Å². The number of unbranched alkanes of at least 4 members (excludes halogenated alkanes) is 3. The average molecular weight is 550 g/mol. The van der Waals surface area contributed by atoms with Crippen molar-refractivity contribution < 1.29 is 1.37 Å². The van der Waals surface area contributed by atoms with E-state index in [2.05, 4.69) is 87.5 Å². The minimum absolute atomic E-state index is 0.0960. The fourth-order valence-corrected chi connectivity index (χ4v) is 28.0. The number of hydrogen-bond donors (Lipinski definition) is 0. The van der Waals surface area contributed by atoms with Crippen molar-refractivity contribution >= 4 is 24.0 Å². The Labute approximate surface area is 209 Å². The summed E-state index contributed by atoms with van der Waals surface area (Å²) in [5.74, 6) is 1.75. The molecule has 0 spiro atoms. The van der Waals surface area contributed by atoms with Gasteiger partial charge in [-0.1, -0.05) is 0 Å². The standard InChI is InChI=1S/C20H19.3C4H9.Sn/c1-3-7-16(8-4-1)18-11-15-12-19(14-18)20(13-15)17-9-5-2-6-10-17;3*1-3-4-2;/h1-11,13,15,19-20H,12,14H2;3*1,3-4H2,2H3;/t15-,19-,20+;;;;/m0..../s1/i14D;;;;/t14?,15-,19-,20+;;;;. The van der Waals surface area contributed by atoms with Gasteiger partial charge >= 0.3 is 210 Å². The van der Waals surface area contributed by atoms with Crippen molar-refractivity contribution in [2.45, 2.75) is 95.3 Å². The van der Waals surface area contributed by atoms with Gasteiger partial charge in [0.05, 0.1) is 0 Å². The van der Waals surface area contributed by atoms with Gasteiger partial charge in [-0.15, -0.1) is 0 Å². The first-order valence-electron chi connectivity index (χ1n) is 14.5. The first-order valence-corrected chi connectivity index (χ1v) is 21.6. The molecule has 1 heteroatoms. The van der Waals surface area contributed by atoms with Crippen LogP contribution in [-0.2, 0) is 0 Å². The Kier molecular flexibility index (Phi) is 8.69. The number of hydrogen-bond acceptors (Lipinski definition) is 0. The fourth-order valence-electron chi connectivity index (χ4n) is 7.25. The third kappa shape index (κ3) is 5.63. The van der Waals surface area contributed by atoms with E-state index >= 15 is 0 Å². The van der Waals surface area contributed by atoms with E-state index in [0.717, 1.165) is 3.93 Å². The van der Waals surface area contributed by atoms with E-state index in [4.69, 9.17) is 0 Å². The Morgan fingerprint density at radius 2 is 1.33 bits per heavy atom. The normalized spacial score (nSPS) is 27.3. The second kappa shape index (κ2) is 12.1. The molecule has 1 fully saturated rings. The molecule has 1 unspecified atom stereocenters. The van der Waals surface area contributed by atoms with Crippen LogP contribution >= 0.6 is 0 Å². The van der Waals surface area contributed by atoms with Crippen LogP contribution in [0.25, 0.3) is 5.57 Å². The molecule has 1 saturated carbocycles. The summed E-state index contributed by atoms with van der Waals surface area (Å²) >= 11 is -2.54. The van der Waals surface area contributed by atoms with Gasteiger partial charge in [-0.05, 0) is 0 Å². The zero-order valence-corrected chi connectivity index (χ0v) is 24.2. The third-order valence-electron chi connectivity index (χ3n) is 8.72. The topological polar surface area (TPSA) is 0 Å². The summed E-state index contributed by atoms with van der Waals surface area (Å²) < 4.78 is 15.1. The molecule has 0 amide bonds. The van der Waals surface area contributed by atoms with Gasteiger partial charge in [-0.3, -0.25) is 0 Å². The van der Waals surface area contributed by atoms with E-state index in [0.29, 0.717) is 17.8 Å². The Bertz CT molecular complexity index is 883. The first kappa shape index (κ1) is 23.7. The van der Waals surface area contributed by atoms with Crippen LogP contribution < -0.4 is 0 Å². The number of benzene rings is 2. The van der Waals surface area contributed by atoms with Crippen molar-refractivity contribution in [3.05, 3.63) is 77.9 Å². The van der Waals surface area contributed by atoms with E-state index in [9.17, 15) is 1.37 Å². The average Bonchev–Trinajstić information content (AvgIpc) is 3.22. The van der Waals surface area contributed by atoms with Gasteiger partial charge in [0.2, 0.25) is 0 Å². The predicted octanol–water partition coefficient (Wildman–Crippen LogP) is 10.1. The van der Waals surface area contributed by atoms with E-state index in [1.54, 1.807) is 18.9 Å². The van der Waals surface area contributed by atoms with E-state index in [-0.39, 0.29) is 6.40 Å². The van der Waals surface area contributed by atoms with E-state index in [1.807, 2.05) is 0 Å². The molecule has 178 valence electrons. The van der Waals surface area contributed by atoms with Gasteiger partial charge in [0.1, 0.15) is 0 Å². The predicted molar refractivity (Wildman–Crippen MR) is 148 cm³/mol. The molecule has 0 N–H and O–H groups in total. The zero-order chi connectivity index (χ0) is 24.0. The molecule has 4 rings (SSSR count). The van der Waals surface area contributed by atoms with Gasteiger partial charge in [-0.25, -0.2) is 0 Å². The molecule has 33 heavy (non-hydrogen) atoms. The summed E-state index contributed by atoms with van der Waals surface area (Å²) in [5.41, 5.74) is 4.17. The van der Waals surface area contributed by atoms with Gasteiger partial charge < -0.3 is 0 Å². The second-order valence-corrected chi connectivity index (χ2v) is 24.8. The van der Waals surface area contributed by atoms with Crippen LogP contribution in [0.5, 0.6) is 0 Å². The Morgan fingerprint density at radius 3 is 1.88 bits per heavy atom. The SMILES string of the molecule is [2H]C1C(c2ccccc2)=C[C@H]2C[C@@H]1[C@@H](c1ccccc1)[C@@H]2[Sn]([CH2]CCC)([CH2]CCC)[CH2]CCC. The summed E-state index contributed by atoms with van der Waals surface area (Å²) in [6.45, 7) is 7.18. The molecule has 2 aromatic rings. The Hall–Kier alpha value is -1.02. The summed E-state index contributed by atoms with van der Waals surface area (Å²) in [4.78, 5) is 0. The fraction of sp³-hybridized carbons (Fsp3) is 0.562. The zero-order valence-electron chi connectivity index (χ0n) is 22.3. The van der Waals surface area contributed by atoms with Crippen LogP contribution in [0.3, 0.4) is 0 Å². The van der Waals surface area contributed by atoms with E-state index in [1.165, 1.54) is 56.1 Å². The molecule has 2 bridgehead atoms. The van der Waals surface area contributed by atoms with Crippen molar-refractivity contribution in [3.63, 3.8) is 0 Å². The van der Waals surface area contributed by atoms with Crippen LogP contribution in [0, 0.1) is 11.8 Å². The van der Waals surface area contributed by atoms with Crippen molar-refractivity contribution in [2.24, 2.45) is 11.8 Å². The molecule has 0 radical (unpaired) electrons. The molecule has 5 atom stereocenters. The molecule has 2 aromatic carbocycles. The van der Waals surface area contributed by atoms with Crippen LogP contribution in [0.2, 0.25) is 17.2 Å². The number of fused-ring (bicyclic) bond motifs is 2. The van der Waals surface area contributed by atoms with Crippen molar-refractivity contribution in [2.75, 3.05) is 0 Å². The quantitative estimate of drug-likeness (QED) is 0.231. The minimum atomic E-state index is -2.54. The van der Waals surface area contributed by atoms with Gasteiger partial charge in [0.15, 0.2) is 0 Å².